The van der Waals surface area contributed by atoms with Gasteiger partial charge in [0, 0.05) is 38.8 Å². The summed E-state index contributed by atoms with van der Waals surface area (Å²) in [4.78, 5) is 16.8. The first-order valence-electron chi connectivity index (χ1n) is 8.87. The molecular formula is C17H28N4O2. The molecule has 0 bridgehead atoms. The molecule has 128 valence electrons. The zero-order chi connectivity index (χ0) is 16.1. The van der Waals surface area contributed by atoms with E-state index in [4.69, 9.17) is 4.52 Å². The van der Waals surface area contributed by atoms with Gasteiger partial charge in [0.2, 0.25) is 5.91 Å². The van der Waals surface area contributed by atoms with E-state index in [1.165, 1.54) is 38.6 Å². The molecule has 1 aliphatic heterocycles. The second-order valence-corrected chi connectivity index (χ2v) is 6.95. The summed E-state index contributed by atoms with van der Waals surface area (Å²) >= 11 is 0. The molecular weight excluding hydrogens is 292 g/mol. The van der Waals surface area contributed by atoms with Crippen molar-refractivity contribution >= 4 is 11.7 Å². The van der Waals surface area contributed by atoms with Gasteiger partial charge in [-0.05, 0) is 25.7 Å². The molecule has 2 fully saturated rings. The van der Waals surface area contributed by atoms with Gasteiger partial charge < -0.3 is 14.7 Å². The first-order valence-corrected chi connectivity index (χ1v) is 8.87. The second kappa shape index (κ2) is 7.93. The topological polar surface area (TPSA) is 61.6 Å². The normalized spacial score (nSPS) is 21.4. The summed E-state index contributed by atoms with van der Waals surface area (Å²) in [6, 6.07) is 1.74. The van der Waals surface area contributed by atoms with Gasteiger partial charge in [0.25, 0.3) is 0 Å². The molecule has 0 spiro atoms. The van der Waals surface area contributed by atoms with Gasteiger partial charge in [0.1, 0.15) is 5.76 Å². The number of nitrogens with zero attached hydrogens (tertiary/aromatic N) is 3. The maximum atomic E-state index is 12.0. The van der Waals surface area contributed by atoms with Crippen LogP contribution in [0.4, 0.5) is 5.82 Å². The first kappa shape index (κ1) is 16.5. The smallest absolute Gasteiger partial charge is 0.239 e. The van der Waals surface area contributed by atoms with E-state index in [0.29, 0.717) is 18.1 Å². The monoisotopic (exact) mass is 320 g/mol. The number of carbonyl (C=O) groups is 1. The van der Waals surface area contributed by atoms with Crippen LogP contribution in [0.3, 0.4) is 0 Å². The standard InChI is InChI=1S/C17H28N4O2/c1-14-11-16(19-23-14)18-17(22)13-21-9-7-20(8-10-21)12-15-5-3-2-4-6-15/h11,15H,2-10,12-13H2,1H3,(H,18,19,22). The van der Waals surface area contributed by atoms with Gasteiger partial charge in [0.15, 0.2) is 5.82 Å². The molecule has 1 saturated heterocycles. The van der Waals surface area contributed by atoms with E-state index < -0.39 is 0 Å². The Bertz CT molecular complexity index is 502. The molecule has 1 saturated carbocycles. The number of aromatic nitrogens is 1. The van der Waals surface area contributed by atoms with Gasteiger partial charge >= 0.3 is 0 Å². The largest absolute Gasteiger partial charge is 0.360 e. The number of anilines is 1. The summed E-state index contributed by atoms with van der Waals surface area (Å²) in [6.07, 6.45) is 7.04. The fourth-order valence-electron chi connectivity index (χ4n) is 3.68. The van der Waals surface area contributed by atoms with Crippen LogP contribution in [-0.4, -0.2) is 60.1 Å². The second-order valence-electron chi connectivity index (χ2n) is 6.95. The molecule has 2 heterocycles. The molecule has 1 amide bonds. The molecule has 23 heavy (non-hydrogen) atoms. The van der Waals surface area contributed by atoms with Crippen molar-refractivity contribution in [2.45, 2.75) is 39.0 Å². The van der Waals surface area contributed by atoms with Crippen molar-refractivity contribution in [3.63, 3.8) is 0 Å². The molecule has 2 aliphatic rings. The maximum Gasteiger partial charge on any atom is 0.239 e. The highest BCUT2D eigenvalue weighted by Gasteiger charge is 2.22. The fourth-order valence-corrected chi connectivity index (χ4v) is 3.68. The number of rotatable bonds is 5. The number of carbonyl (C=O) groups excluding carboxylic acids is 1. The highest BCUT2D eigenvalue weighted by Crippen LogP contribution is 2.24. The average molecular weight is 320 g/mol. The van der Waals surface area contributed by atoms with Gasteiger partial charge in [-0.2, -0.15) is 0 Å². The third-order valence-electron chi connectivity index (χ3n) is 4.97. The van der Waals surface area contributed by atoms with Gasteiger partial charge in [-0.3, -0.25) is 9.69 Å². The molecule has 6 heteroatoms. The van der Waals surface area contributed by atoms with Crippen LogP contribution in [0.1, 0.15) is 37.9 Å². The van der Waals surface area contributed by atoms with E-state index in [0.717, 1.165) is 32.1 Å². The Morgan fingerprint density at radius 3 is 2.57 bits per heavy atom. The molecule has 0 aromatic carbocycles. The third kappa shape index (κ3) is 5.04. The summed E-state index contributed by atoms with van der Waals surface area (Å²) < 4.78 is 4.96. The minimum atomic E-state index is -0.0148. The maximum absolute atomic E-state index is 12.0. The van der Waals surface area contributed by atoms with E-state index in [2.05, 4.69) is 20.3 Å². The Morgan fingerprint density at radius 1 is 1.22 bits per heavy atom. The minimum Gasteiger partial charge on any atom is -0.360 e. The predicted molar refractivity (Wildman–Crippen MR) is 89.3 cm³/mol. The zero-order valence-corrected chi connectivity index (χ0v) is 14.1. The number of nitrogens with one attached hydrogen (secondary N) is 1. The summed E-state index contributed by atoms with van der Waals surface area (Å²) in [5.74, 6) is 2.09. The van der Waals surface area contributed by atoms with E-state index in [9.17, 15) is 4.79 Å². The lowest BCUT2D eigenvalue weighted by Crippen LogP contribution is -2.49. The van der Waals surface area contributed by atoms with Gasteiger partial charge in [-0.15, -0.1) is 0 Å². The Balaban J connectivity index is 1.36. The number of amides is 1. The summed E-state index contributed by atoms with van der Waals surface area (Å²) in [5.41, 5.74) is 0. The van der Waals surface area contributed by atoms with Crippen molar-refractivity contribution in [3.05, 3.63) is 11.8 Å². The lowest BCUT2D eigenvalue weighted by molar-refractivity contribution is -0.117. The van der Waals surface area contributed by atoms with Gasteiger partial charge in [-0.25, -0.2) is 0 Å². The van der Waals surface area contributed by atoms with E-state index in [1.54, 1.807) is 6.07 Å². The Morgan fingerprint density at radius 2 is 1.91 bits per heavy atom. The van der Waals surface area contributed by atoms with Crippen molar-refractivity contribution in [2.24, 2.45) is 5.92 Å². The fraction of sp³-hybridized carbons (Fsp3) is 0.765. The van der Waals surface area contributed by atoms with Gasteiger partial charge in [0.05, 0.1) is 6.54 Å². The van der Waals surface area contributed by atoms with Crippen molar-refractivity contribution in [3.8, 4) is 0 Å². The van der Waals surface area contributed by atoms with Crippen molar-refractivity contribution < 1.29 is 9.32 Å². The lowest BCUT2D eigenvalue weighted by Gasteiger charge is -2.36. The molecule has 0 atom stereocenters. The number of hydrogen-bond acceptors (Lipinski definition) is 5. The molecule has 1 N–H and O–H groups in total. The highest BCUT2D eigenvalue weighted by molar-refractivity contribution is 5.91. The van der Waals surface area contributed by atoms with Gasteiger partial charge in [-0.1, -0.05) is 24.4 Å². The van der Waals surface area contributed by atoms with Crippen LogP contribution in [0.15, 0.2) is 10.6 Å². The average Bonchev–Trinajstić information content (AvgIpc) is 2.95. The molecule has 3 rings (SSSR count). The first-order chi connectivity index (χ1) is 11.2. The Kier molecular flexibility index (Phi) is 5.67. The summed E-state index contributed by atoms with van der Waals surface area (Å²) in [6.45, 7) is 7.59. The summed E-state index contributed by atoms with van der Waals surface area (Å²) in [5, 5.41) is 6.58. The molecule has 0 radical (unpaired) electrons. The molecule has 1 aliphatic carbocycles. The molecule has 1 aromatic heterocycles. The van der Waals surface area contributed by atoms with E-state index in [1.807, 2.05) is 6.92 Å². The molecule has 1 aromatic rings. The lowest BCUT2D eigenvalue weighted by atomic mass is 9.89. The van der Waals surface area contributed by atoms with Crippen LogP contribution in [-0.2, 0) is 4.79 Å². The van der Waals surface area contributed by atoms with Crippen molar-refractivity contribution in [2.75, 3.05) is 44.6 Å². The quantitative estimate of drug-likeness (QED) is 0.900. The Labute approximate surface area is 138 Å². The molecule has 0 unspecified atom stereocenters. The SMILES string of the molecule is Cc1cc(NC(=O)CN2CCN(CC3CCCCC3)CC2)no1. The van der Waals surface area contributed by atoms with Crippen LogP contribution >= 0.6 is 0 Å². The van der Waals surface area contributed by atoms with Crippen molar-refractivity contribution in [1.29, 1.82) is 0 Å². The molecule has 6 nitrogen and oxygen atoms in total. The number of hydrogen-bond donors (Lipinski definition) is 1. The van der Waals surface area contributed by atoms with Crippen LogP contribution in [0.25, 0.3) is 0 Å². The number of piperazine rings is 1. The van der Waals surface area contributed by atoms with E-state index >= 15 is 0 Å². The summed E-state index contributed by atoms with van der Waals surface area (Å²) in [7, 11) is 0. The van der Waals surface area contributed by atoms with E-state index in [-0.39, 0.29) is 5.91 Å². The van der Waals surface area contributed by atoms with Crippen LogP contribution in [0, 0.1) is 12.8 Å². The van der Waals surface area contributed by atoms with Crippen LogP contribution in [0.5, 0.6) is 0 Å². The number of aryl methyl sites for hydroxylation is 1. The Hall–Kier alpha value is -1.40. The predicted octanol–water partition coefficient (Wildman–Crippen LogP) is 2.12. The third-order valence-corrected chi connectivity index (χ3v) is 4.97. The minimum absolute atomic E-state index is 0.0148. The highest BCUT2D eigenvalue weighted by atomic mass is 16.5. The van der Waals surface area contributed by atoms with Crippen LogP contribution < -0.4 is 5.32 Å². The zero-order valence-electron chi connectivity index (χ0n) is 14.1. The van der Waals surface area contributed by atoms with Crippen molar-refractivity contribution in [1.82, 2.24) is 15.0 Å². The van der Waals surface area contributed by atoms with Crippen LogP contribution in [0.2, 0.25) is 0 Å².